The quantitative estimate of drug-likeness (QED) is 0.742. The number of ether oxygens (including phenoxy) is 1. The minimum Gasteiger partial charge on any atom is -0.406 e. The summed E-state index contributed by atoms with van der Waals surface area (Å²) in [4.78, 5) is 0. The van der Waals surface area contributed by atoms with Crippen molar-refractivity contribution < 1.29 is 17.9 Å². The number of benzene rings is 1. The molecule has 0 saturated carbocycles. The van der Waals surface area contributed by atoms with Crippen LogP contribution in [0.3, 0.4) is 0 Å². The highest BCUT2D eigenvalue weighted by Crippen LogP contribution is 2.25. The first kappa shape index (κ1) is 11.4. The molecule has 0 saturated heterocycles. The van der Waals surface area contributed by atoms with Gasteiger partial charge in [0.2, 0.25) is 0 Å². The molecule has 0 aliphatic heterocycles. The predicted octanol–water partition coefficient (Wildman–Crippen LogP) is 3.87. The van der Waals surface area contributed by atoms with Gasteiger partial charge < -0.3 is 4.74 Å². The number of hydrogen-bond acceptors (Lipinski definition) is 1. The van der Waals surface area contributed by atoms with Gasteiger partial charge in [0.15, 0.2) is 0 Å². The molecule has 0 atom stereocenters. The predicted molar refractivity (Wildman–Crippen MR) is 53.3 cm³/mol. The Kier molecular flexibility index (Phi) is 3.19. The second-order valence-corrected chi connectivity index (χ2v) is 2.75. The number of halogens is 3. The zero-order chi connectivity index (χ0) is 11.5. The molecule has 15 heavy (non-hydrogen) atoms. The van der Waals surface area contributed by atoms with Crippen molar-refractivity contribution in [2.24, 2.45) is 0 Å². The van der Waals surface area contributed by atoms with Gasteiger partial charge in [-0.3, -0.25) is 0 Å². The first-order valence-corrected chi connectivity index (χ1v) is 4.11. The Bertz CT molecular complexity index is 380. The Hall–Kier alpha value is -1.71. The van der Waals surface area contributed by atoms with Gasteiger partial charge in [-0.2, -0.15) is 0 Å². The van der Waals surface area contributed by atoms with E-state index in [1.165, 1.54) is 30.4 Å². The van der Waals surface area contributed by atoms with Crippen molar-refractivity contribution in [1.29, 1.82) is 0 Å². The number of alkyl halides is 3. The summed E-state index contributed by atoms with van der Waals surface area (Å²) >= 11 is 0. The van der Waals surface area contributed by atoms with Crippen LogP contribution < -0.4 is 4.74 Å². The minimum absolute atomic E-state index is 0.261. The third-order valence-electron chi connectivity index (χ3n) is 1.73. The molecule has 0 heterocycles. The highest BCUT2D eigenvalue weighted by molar-refractivity contribution is 5.65. The summed E-state index contributed by atoms with van der Waals surface area (Å²) in [6.45, 7) is 7.03. The van der Waals surface area contributed by atoms with Gasteiger partial charge in [-0.05, 0) is 23.3 Å². The summed E-state index contributed by atoms with van der Waals surface area (Å²) in [7, 11) is 0. The van der Waals surface area contributed by atoms with Gasteiger partial charge in [0.05, 0.1) is 0 Å². The van der Waals surface area contributed by atoms with Crippen LogP contribution in [0, 0.1) is 0 Å². The monoisotopic (exact) mass is 214 g/mol. The molecule has 0 bridgehead atoms. The average Bonchev–Trinajstić information content (AvgIpc) is 2.15. The molecule has 1 nitrogen and oxygen atoms in total. The normalized spacial score (nSPS) is 10.9. The van der Waals surface area contributed by atoms with Crippen LogP contribution in [-0.4, -0.2) is 6.36 Å². The Morgan fingerprint density at radius 2 is 1.67 bits per heavy atom. The zero-order valence-corrected chi connectivity index (χ0v) is 7.84. The molecule has 0 spiro atoms. The molecule has 0 N–H and O–H groups in total. The standard InChI is InChI=1S/C11H9F3O/c1-3-8-5-6-10(7-9(8)4-2)15-11(12,13)14/h3-7H,1-2H2. The molecule has 1 aromatic rings. The van der Waals surface area contributed by atoms with Crippen LogP contribution in [0.2, 0.25) is 0 Å². The highest BCUT2D eigenvalue weighted by Gasteiger charge is 2.31. The fraction of sp³-hybridized carbons (Fsp3) is 0.0909. The molecule has 4 heteroatoms. The van der Waals surface area contributed by atoms with Crippen molar-refractivity contribution >= 4 is 12.2 Å². The van der Waals surface area contributed by atoms with E-state index in [9.17, 15) is 13.2 Å². The first-order valence-electron chi connectivity index (χ1n) is 4.11. The van der Waals surface area contributed by atoms with E-state index in [0.717, 1.165) is 0 Å². The fourth-order valence-electron chi connectivity index (χ4n) is 1.11. The van der Waals surface area contributed by atoms with Crippen LogP contribution in [0.4, 0.5) is 13.2 Å². The van der Waals surface area contributed by atoms with Crippen molar-refractivity contribution in [1.82, 2.24) is 0 Å². The molecule has 1 aromatic carbocycles. The Labute approximate surface area is 85.5 Å². The molecule has 0 aromatic heterocycles. The van der Waals surface area contributed by atoms with Gasteiger partial charge in [0, 0.05) is 0 Å². The van der Waals surface area contributed by atoms with E-state index < -0.39 is 6.36 Å². The smallest absolute Gasteiger partial charge is 0.406 e. The third-order valence-corrected chi connectivity index (χ3v) is 1.73. The summed E-state index contributed by atoms with van der Waals surface area (Å²) < 4.78 is 39.4. The van der Waals surface area contributed by atoms with E-state index in [0.29, 0.717) is 11.1 Å². The SMILES string of the molecule is C=Cc1ccc(OC(F)(F)F)cc1C=C. The number of rotatable bonds is 3. The largest absolute Gasteiger partial charge is 0.573 e. The van der Waals surface area contributed by atoms with Gasteiger partial charge >= 0.3 is 6.36 Å². The molecule has 0 radical (unpaired) electrons. The molecule has 80 valence electrons. The van der Waals surface area contributed by atoms with E-state index >= 15 is 0 Å². The van der Waals surface area contributed by atoms with Crippen molar-refractivity contribution in [2.75, 3.05) is 0 Å². The summed E-state index contributed by atoms with van der Waals surface area (Å²) in [6, 6.07) is 3.99. The Balaban J connectivity index is 3.03. The Morgan fingerprint density at radius 1 is 1.07 bits per heavy atom. The average molecular weight is 214 g/mol. The van der Waals surface area contributed by atoms with Crippen LogP contribution in [-0.2, 0) is 0 Å². The first-order chi connectivity index (χ1) is 6.96. The van der Waals surface area contributed by atoms with E-state index in [4.69, 9.17) is 0 Å². The lowest BCUT2D eigenvalue weighted by molar-refractivity contribution is -0.274. The molecule has 0 aliphatic carbocycles. The molecule has 1 rings (SSSR count). The Morgan fingerprint density at radius 3 is 2.13 bits per heavy atom. The highest BCUT2D eigenvalue weighted by atomic mass is 19.4. The molecule has 0 fully saturated rings. The molecular formula is C11H9F3O. The van der Waals surface area contributed by atoms with Crippen LogP contribution >= 0.6 is 0 Å². The molecular weight excluding hydrogens is 205 g/mol. The molecule has 0 unspecified atom stereocenters. The maximum Gasteiger partial charge on any atom is 0.573 e. The minimum atomic E-state index is -4.67. The van der Waals surface area contributed by atoms with Crippen molar-refractivity contribution in [3.05, 3.63) is 42.5 Å². The summed E-state index contributed by atoms with van der Waals surface area (Å²) in [5.74, 6) is -0.261. The summed E-state index contributed by atoms with van der Waals surface area (Å²) in [5, 5.41) is 0. The van der Waals surface area contributed by atoms with Crippen LogP contribution in [0.5, 0.6) is 5.75 Å². The maximum absolute atomic E-state index is 11.9. The van der Waals surface area contributed by atoms with Gasteiger partial charge in [-0.15, -0.1) is 13.2 Å². The second kappa shape index (κ2) is 4.21. The van der Waals surface area contributed by atoms with Gasteiger partial charge in [0.25, 0.3) is 0 Å². The van der Waals surface area contributed by atoms with Crippen LogP contribution in [0.15, 0.2) is 31.4 Å². The van der Waals surface area contributed by atoms with Crippen molar-refractivity contribution in [2.45, 2.75) is 6.36 Å². The lowest BCUT2D eigenvalue weighted by Crippen LogP contribution is -2.17. The van der Waals surface area contributed by atoms with E-state index in [2.05, 4.69) is 17.9 Å². The second-order valence-electron chi connectivity index (χ2n) is 2.75. The molecule has 0 amide bonds. The lowest BCUT2D eigenvalue weighted by atomic mass is 10.1. The van der Waals surface area contributed by atoms with E-state index in [1.807, 2.05) is 0 Å². The number of hydrogen-bond donors (Lipinski definition) is 0. The topological polar surface area (TPSA) is 9.23 Å². The van der Waals surface area contributed by atoms with Gasteiger partial charge in [-0.25, -0.2) is 0 Å². The third kappa shape index (κ3) is 3.16. The maximum atomic E-state index is 11.9. The van der Waals surface area contributed by atoms with E-state index in [-0.39, 0.29) is 5.75 Å². The molecule has 0 aliphatic rings. The lowest BCUT2D eigenvalue weighted by Gasteiger charge is -2.10. The summed E-state index contributed by atoms with van der Waals surface area (Å²) in [6.07, 6.45) is -1.69. The zero-order valence-electron chi connectivity index (χ0n) is 7.84. The van der Waals surface area contributed by atoms with E-state index in [1.54, 1.807) is 0 Å². The van der Waals surface area contributed by atoms with Crippen LogP contribution in [0.1, 0.15) is 11.1 Å². The van der Waals surface area contributed by atoms with Gasteiger partial charge in [-0.1, -0.05) is 31.4 Å². The van der Waals surface area contributed by atoms with Crippen LogP contribution in [0.25, 0.3) is 12.2 Å². The van der Waals surface area contributed by atoms with Crippen molar-refractivity contribution in [3.63, 3.8) is 0 Å². The van der Waals surface area contributed by atoms with Gasteiger partial charge in [0.1, 0.15) is 5.75 Å². The van der Waals surface area contributed by atoms with Crippen molar-refractivity contribution in [3.8, 4) is 5.75 Å². The summed E-state index contributed by atoms with van der Waals surface area (Å²) in [5.41, 5.74) is 1.26. The fourth-order valence-corrected chi connectivity index (χ4v) is 1.11.